The predicted octanol–water partition coefficient (Wildman–Crippen LogP) is 2.88. The van der Waals surface area contributed by atoms with Crippen LogP contribution < -0.4 is 11.1 Å². The van der Waals surface area contributed by atoms with Crippen molar-refractivity contribution in [2.45, 2.75) is 71.0 Å². The lowest BCUT2D eigenvalue weighted by Gasteiger charge is -2.45. The van der Waals surface area contributed by atoms with E-state index >= 15 is 0 Å². The Morgan fingerprint density at radius 2 is 1.92 bits per heavy atom. The van der Waals surface area contributed by atoms with Gasteiger partial charge in [-0.3, -0.25) is 4.79 Å². The van der Waals surface area contributed by atoms with Gasteiger partial charge in [0.05, 0.1) is 12.1 Å². The Morgan fingerprint density at radius 3 is 2.44 bits per heavy atom. The van der Waals surface area contributed by atoms with Crippen LogP contribution >= 0.6 is 12.4 Å². The molecule has 2 aliphatic rings. The summed E-state index contributed by atoms with van der Waals surface area (Å²) in [6.07, 6.45) is 5.44. The molecule has 142 valence electrons. The molecule has 3 rings (SSSR count). The summed E-state index contributed by atoms with van der Waals surface area (Å²) < 4.78 is 26.5. The van der Waals surface area contributed by atoms with Crippen LogP contribution in [-0.2, 0) is 11.2 Å². The Bertz CT molecular complexity index is 608. The van der Waals surface area contributed by atoms with E-state index in [2.05, 4.69) is 10.4 Å². The highest BCUT2D eigenvalue weighted by atomic mass is 35.5. The molecule has 1 heterocycles. The summed E-state index contributed by atoms with van der Waals surface area (Å²) in [5.74, 6) is 0.789. The SMILES string of the molecule is Cc1nn(C(F)F)c(C)c1CC(=O)NC1C2CCCC1CC(N)C2.Cl. The minimum atomic E-state index is -2.68. The van der Waals surface area contributed by atoms with Crippen LogP contribution in [0, 0.1) is 25.7 Å². The first-order chi connectivity index (χ1) is 11.4. The fourth-order valence-electron chi connectivity index (χ4n) is 4.57. The van der Waals surface area contributed by atoms with E-state index in [1.165, 1.54) is 6.42 Å². The number of carbonyl (C=O) groups is 1. The minimum Gasteiger partial charge on any atom is -0.353 e. The molecule has 0 radical (unpaired) electrons. The summed E-state index contributed by atoms with van der Waals surface area (Å²) in [6, 6.07) is 0.416. The number of carbonyl (C=O) groups excluding carboxylic acids is 1. The maximum absolute atomic E-state index is 12.9. The average Bonchev–Trinajstić information content (AvgIpc) is 2.76. The Hall–Kier alpha value is -1.21. The monoisotopic (exact) mass is 376 g/mol. The number of hydrogen-bond acceptors (Lipinski definition) is 3. The van der Waals surface area contributed by atoms with Crippen molar-refractivity contribution in [2.24, 2.45) is 17.6 Å². The molecule has 0 spiro atoms. The standard InChI is InChI=1S/C17H26F2N4O.ClH/c1-9-14(10(2)23(22-9)17(18)19)8-15(24)21-16-11-4-3-5-12(16)7-13(20)6-11;/h11-13,16-17H,3-8,20H2,1-2H3,(H,21,24);1H. The molecule has 5 nitrogen and oxygen atoms in total. The molecule has 3 N–H and O–H groups in total. The van der Waals surface area contributed by atoms with E-state index < -0.39 is 6.55 Å². The minimum absolute atomic E-state index is 0. The summed E-state index contributed by atoms with van der Waals surface area (Å²) in [7, 11) is 0. The third-order valence-corrected chi connectivity index (χ3v) is 5.70. The molecule has 25 heavy (non-hydrogen) atoms. The fourth-order valence-corrected chi connectivity index (χ4v) is 4.57. The Morgan fingerprint density at radius 1 is 1.32 bits per heavy atom. The highest BCUT2D eigenvalue weighted by Crippen LogP contribution is 2.39. The number of nitrogens with two attached hydrogens (primary N) is 1. The molecule has 2 bridgehead atoms. The number of aromatic nitrogens is 2. The molecular weight excluding hydrogens is 350 g/mol. The summed E-state index contributed by atoms with van der Waals surface area (Å²) >= 11 is 0. The second-order valence-corrected chi connectivity index (χ2v) is 7.32. The largest absolute Gasteiger partial charge is 0.353 e. The van der Waals surface area contributed by atoms with E-state index in [-0.39, 0.29) is 36.8 Å². The van der Waals surface area contributed by atoms with Gasteiger partial charge in [0.15, 0.2) is 0 Å². The van der Waals surface area contributed by atoms with Crippen LogP contribution in [0.5, 0.6) is 0 Å². The lowest BCUT2D eigenvalue weighted by Crippen LogP contribution is -2.54. The van der Waals surface area contributed by atoms with Gasteiger partial charge < -0.3 is 11.1 Å². The van der Waals surface area contributed by atoms with E-state index in [0.29, 0.717) is 33.5 Å². The predicted molar refractivity (Wildman–Crippen MR) is 93.9 cm³/mol. The molecule has 0 aliphatic heterocycles. The first kappa shape index (κ1) is 20.1. The van der Waals surface area contributed by atoms with Gasteiger partial charge in [0.2, 0.25) is 5.91 Å². The molecule has 1 aromatic heterocycles. The molecule has 1 aromatic rings. The van der Waals surface area contributed by atoms with Crippen LogP contribution in [0.1, 0.15) is 55.6 Å². The zero-order valence-electron chi connectivity index (χ0n) is 14.7. The number of halogens is 3. The van der Waals surface area contributed by atoms with E-state index in [0.717, 1.165) is 25.7 Å². The Kier molecular flexibility index (Phi) is 6.43. The maximum atomic E-state index is 12.9. The van der Waals surface area contributed by atoms with Crippen molar-refractivity contribution in [1.82, 2.24) is 15.1 Å². The highest BCUT2D eigenvalue weighted by molar-refractivity contribution is 5.85. The van der Waals surface area contributed by atoms with Crippen LogP contribution in [0.15, 0.2) is 0 Å². The molecule has 2 fully saturated rings. The molecule has 2 aliphatic carbocycles. The fraction of sp³-hybridized carbons (Fsp3) is 0.765. The second-order valence-electron chi connectivity index (χ2n) is 7.32. The molecule has 2 unspecified atom stereocenters. The maximum Gasteiger partial charge on any atom is 0.333 e. The van der Waals surface area contributed by atoms with Gasteiger partial charge in [-0.05, 0) is 51.4 Å². The van der Waals surface area contributed by atoms with Crippen molar-refractivity contribution in [2.75, 3.05) is 0 Å². The lowest BCUT2D eigenvalue weighted by atomic mass is 9.67. The highest BCUT2D eigenvalue weighted by Gasteiger charge is 2.39. The van der Waals surface area contributed by atoms with Gasteiger partial charge in [0.1, 0.15) is 0 Å². The van der Waals surface area contributed by atoms with Crippen molar-refractivity contribution in [1.29, 1.82) is 0 Å². The zero-order valence-corrected chi connectivity index (χ0v) is 15.5. The zero-order chi connectivity index (χ0) is 17.4. The third-order valence-electron chi connectivity index (χ3n) is 5.70. The van der Waals surface area contributed by atoms with Gasteiger partial charge in [-0.1, -0.05) is 6.42 Å². The summed E-state index contributed by atoms with van der Waals surface area (Å²) in [5, 5.41) is 7.01. The molecule has 1 amide bonds. The van der Waals surface area contributed by atoms with Crippen molar-refractivity contribution < 1.29 is 13.6 Å². The van der Waals surface area contributed by atoms with E-state index in [1.54, 1.807) is 13.8 Å². The topological polar surface area (TPSA) is 72.9 Å². The summed E-state index contributed by atoms with van der Waals surface area (Å²) in [5.41, 5.74) is 7.58. The summed E-state index contributed by atoms with van der Waals surface area (Å²) in [4.78, 5) is 12.5. The number of alkyl halides is 2. The molecule has 0 saturated heterocycles. The normalized spacial score (nSPS) is 28.6. The quantitative estimate of drug-likeness (QED) is 0.848. The van der Waals surface area contributed by atoms with Crippen molar-refractivity contribution >= 4 is 18.3 Å². The number of nitrogens with one attached hydrogen (secondary N) is 1. The van der Waals surface area contributed by atoms with Crippen molar-refractivity contribution in [3.05, 3.63) is 17.0 Å². The Balaban J connectivity index is 0.00000225. The Labute approximate surface area is 153 Å². The van der Waals surface area contributed by atoms with Crippen LogP contribution in [0.3, 0.4) is 0 Å². The van der Waals surface area contributed by atoms with Crippen LogP contribution in [-0.4, -0.2) is 27.8 Å². The van der Waals surface area contributed by atoms with Crippen molar-refractivity contribution in [3.8, 4) is 0 Å². The van der Waals surface area contributed by atoms with Crippen molar-refractivity contribution in [3.63, 3.8) is 0 Å². The molecule has 2 atom stereocenters. The van der Waals surface area contributed by atoms with E-state index in [1.807, 2.05) is 0 Å². The molecular formula is C17H27ClF2N4O. The smallest absolute Gasteiger partial charge is 0.333 e. The number of amides is 1. The van der Waals surface area contributed by atoms with E-state index in [9.17, 15) is 13.6 Å². The van der Waals surface area contributed by atoms with Gasteiger partial charge in [-0.2, -0.15) is 13.9 Å². The molecule has 2 saturated carbocycles. The van der Waals surface area contributed by atoms with Crippen LogP contribution in [0.2, 0.25) is 0 Å². The number of hydrogen-bond donors (Lipinski definition) is 2. The van der Waals surface area contributed by atoms with Gasteiger partial charge in [0.25, 0.3) is 0 Å². The van der Waals surface area contributed by atoms with Gasteiger partial charge in [0, 0.05) is 23.3 Å². The van der Waals surface area contributed by atoms with E-state index in [4.69, 9.17) is 5.73 Å². The number of aryl methyl sites for hydroxylation is 1. The molecule has 8 heteroatoms. The number of nitrogens with zero attached hydrogens (tertiary/aromatic N) is 2. The first-order valence-electron chi connectivity index (χ1n) is 8.74. The number of rotatable bonds is 4. The van der Waals surface area contributed by atoms with Gasteiger partial charge in [-0.15, -0.1) is 12.4 Å². The van der Waals surface area contributed by atoms with Crippen LogP contribution in [0.4, 0.5) is 8.78 Å². The molecule has 0 aromatic carbocycles. The number of fused-ring (bicyclic) bond motifs is 2. The van der Waals surface area contributed by atoms with Gasteiger partial charge in [-0.25, -0.2) is 4.68 Å². The first-order valence-corrected chi connectivity index (χ1v) is 8.74. The average molecular weight is 377 g/mol. The third kappa shape index (κ3) is 4.14. The summed E-state index contributed by atoms with van der Waals surface area (Å²) in [6.45, 7) is 0.575. The van der Waals surface area contributed by atoms with Crippen LogP contribution in [0.25, 0.3) is 0 Å². The van der Waals surface area contributed by atoms with Gasteiger partial charge >= 0.3 is 6.55 Å². The lowest BCUT2D eigenvalue weighted by molar-refractivity contribution is -0.122. The second kappa shape index (κ2) is 7.99.